The molecule has 32 heavy (non-hydrogen) atoms. The van der Waals surface area contributed by atoms with Gasteiger partial charge >= 0.3 is 0 Å². The van der Waals surface area contributed by atoms with Gasteiger partial charge in [0, 0.05) is 41.0 Å². The molecule has 0 spiro atoms. The average molecular weight is 414 g/mol. The largest absolute Gasteiger partial charge is 0.439 e. The number of nitrogens with zero attached hydrogens (tertiary/aromatic N) is 4. The lowest BCUT2D eigenvalue weighted by Gasteiger charge is -2.09. The lowest BCUT2D eigenvalue weighted by molar-refractivity contribution is 0.463. The number of pyridine rings is 3. The highest BCUT2D eigenvalue weighted by Gasteiger charge is 2.14. The number of para-hydroxylation sites is 1. The molecule has 5 nitrogen and oxygen atoms in total. The third-order valence-electron chi connectivity index (χ3n) is 5.43. The van der Waals surface area contributed by atoms with Gasteiger partial charge in [-0.1, -0.05) is 42.5 Å². The first-order valence-electron chi connectivity index (χ1n) is 10.4. The Labute approximate surface area is 184 Å². The number of ether oxygens (including phenoxy) is 1. The molecule has 6 aromatic rings. The Morgan fingerprint density at radius 2 is 1.47 bits per heavy atom. The molecule has 0 atom stereocenters. The van der Waals surface area contributed by atoms with E-state index in [1.807, 2.05) is 79.1 Å². The molecule has 0 unspecified atom stereocenters. The van der Waals surface area contributed by atoms with Crippen molar-refractivity contribution in [3.05, 3.63) is 110 Å². The molecule has 0 radical (unpaired) electrons. The van der Waals surface area contributed by atoms with Crippen LogP contribution in [0.25, 0.3) is 38.9 Å². The van der Waals surface area contributed by atoms with Crippen molar-refractivity contribution in [3.63, 3.8) is 0 Å². The molecule has 4 aromatic heterocycles. The Morgan fingerprint density at radius 1 is 0.625 bits per heavy atom. The average Bonchev–Trinajstić information content (AvgIpc) is 3.19. The molecule has 0 aliphatic carbocycles. The van der Waals surface area contributed by atoms with Crippen LogP contribution < -0.4 is 4.74 Å². The molecule has 0 amide bonds. The second kappa shape index (κ2) is 7.63. The van der Waals surface area contributed by atoms with Crippen LogP contribution >= 0.6 is 0 Å². The predicted octanol–water partition coefficient (Wildman–Crippen LogP) is 6.43. The summed E-state index contributed by atoms with van der Waals surface area (Å²) in [6, 6.07) is 29.9. The van der Waals surface area contributed by atoms with Crippen molar-refractivity contribution in [2.45, 2.75) is 0 Å². The molecule has 0 aliphatic rings. The molecule has 0 saturated carbocycles. The molecule has 0 bridgehead atoms. The van der Waals surface area contributed by atoms with E-state index in [0.717, 1.165) is 38.9 Å². The second-order valence-corrected chi connectivity index (χ2v) is 7.43. The van der Waals surface area contributed by atoms with Gasteiger partial charge in [0.2, 0.25) is 5.88 Å². The maximum Gasteiger partial charge on any atom is 0.219 e. The van der Waals surface area contributed by atoms with Crippen molar-refractivity contribution < 1.29 is 4.74 Å². The van der Waals surface area contributed by atoms with Gasteiger partial charge in [0.25, 0.3) is 0 Å². The van der Waals surface area contributed by atoms with Crippen molar-refractivity contribution in [1.29, 1.82) is 0 Å². The molecule has 0 N–H and O–H groups in total. The summed E-state index contributed by atoms with van der Waals surface area (Å²) in [6.07, 6.45) is 5.47. The molecule has 2 aromatic carbocycles. The van der Waals surface area contributed by atoms with Gasteiger partial charge in [-0.05, 0) is 42.5 Å². The fourth-order valence-electron chi connectivity index (χ4n) is 4.00. The minimum Gasteiger partial charge on any atom is -0.439 e. The Bertz CT molecular complexity index is 1540. The van der Waals surface area contributed by atoms with Crippen LogP contribution in [0.15, 0.2) is 110 Å². The minimum atomic E-state index is 0.559. The van der Waals surface area contributed by atoms with Crippen LogP contribution in [0.2, 0.25) is 0 Å². The number of hydrogen-bond donors (Lipinski definition) is 0. The van der Waals surface area contributed by atoms with E-state index in [0.29, 0.717) is 11.6 Å². The number of aromatic nitrogens is 4. The summed E-state index contributed by atoms with van der Waals surface area (Å²) < 4.78 is 8.10. The highest BCUT2D eigenvalue weighted by molar-refractivity contribution is 6.09. The SMILES string of the molecule is c1ccc(Oc2cccc(-c3cc4c(cn3)c3ccccc3n4-c3ccccn3)c2)nc1. The zero-order valence-corrected chi connectivity index (χ0v) is 17.1. The smallest absolute Gasteiger partial charge is 0.219 e. The van der Waals surface area contributed by atoms with Gasteiger partial charge in [0.1, 0.15) is 11.6 Å². The molecule has 6 rings (SSSR count). The van der Waals surface area contributed by atoms with E-state index in [2.05, 4.69) is 38.8 Å². The summed E-state index contributed by atoms with van der Waals surface area (Å²) in [7, 11) is 0. The van der Waals surface area contributed by atoms with Crippen LogP contribution in [-0.2, 0) is 0 Å². The Morgan fingerprint density at radius 3 is 2.31 bits per heavy atom. The molecule has 0 aliphatic heterocycles. The fraction of sp³-hybridized carbons (Fsp3) is 0. The minimum absolute atomic E-state index is 0.559. The summed E-state index contributed by atoms with van der Waals surface area (Å²) in [5.74, 6) is 2.15. The first-order chi connectivity index (χ1) is 15.9. The maximum absolute atomic E-state index is 5.91. The number of benzene rings is 2. The Kier molecular flexibility index (Phi) is 4.36. The van der Waals surface area contributed by atoms with Crippen molar-refractivity contribution >= 4 is 21.8 Å². The van der Waals surface area contributed by atoms with Gasteiger partial charge in [0.15, 0.2) is 0 Å². The van der Waals surface area contributed by atoms with E-state index in [9.17, 15) is 0 Å². The van der Waals surface area contributed by atoms with Crippen LogP contribution in [0.1, 0.15) is 0 Å². The molecule has 0 fully saturated rings. The Hall–Kier alpha value is -4.51. The summed E-state index contributed by atoms with van der Waals surface area (Å²) >= 11 is 0. The second-order valence-electron chi connectivity index (χ2n) is 7.43. The quantitative estimate of drug-likeness (QED) is 0.334. The third-order valence-corrected chi connectivity index (χ3v) is 5.43. The molecule has 152 valence electrons. The number of rotatable bonds is 4. The normalized spacial score (nSPS) is 11.1. The van der Waals surface area contributed by atoms with E-state index in [1.165, 1.54) is 0 Å². The number of fused-ring (bicyclic) bond motifs is 3. The topological polar surface area (TPSA) is 52.8 Å². The van der Waals surface area contributed by atoms with Crippen LogP contribution in [0, 0.1) is 0 Å². The highest BCUT2D eigenvalue weighted by Crippen LogP contribution is 2.34. The fourth-order valence-corrected chi connectivity index (χ4v) is 4.00. The zero-order valence-electron chi connectivity index (χ0n) is 17.1. The van der Waals surface area contributed by atoms with E-state index < -0.39 is 0 Å². The summed E-state index contributed by atoms with van der Waals surface area (Å²) in [5, 5.41) is 2.25. The Balaban J connectivity index is 1.50. The van der Waals surface area contributed by atoms with Crippen LogP contribution in [0.5, 0.6) is 11.6 Å². The van der Waals surface area contributed by atoms with Crippen molar-refractivity contribution in [2.24, 2.45) is 0 Å². The van der Waals surface area contributed by atoms with Crippen molar-refractivity contribution in [2.75, 3.05) is 0 Å². The lowest BCUT2D eigenvalue weighted by Crippen LogP contribution is -1.96. The first-order valence-corrected chi connectivity index (χ1v) is 10.4. The maximum atomic E-state index is 5.91. The summed E-state index contributed by atoms with van der Waals surface area (Å²) in [5.41, 5.74) is 4.00. The van der Waals surface area contributed by atoms with E-state index in [-0.39, 0.29) is 0 Å². The predicted molar refractivity (Wildman–Crippen MR) is 126 cm³/mol. The van der Waals surface area contributed by atoms with E-state index in [1.54, 1.807) is 6.20 Å². The molecule has 5 heteroatoms. The van der Waals surface area contributed by atoms with Gasteiger partial charge in [-0.3, -0.25) is 9.55 Å². The van der Waals surface area contributed by atoms with E-state index >= 15 is 0 Å². The molecular formula is C27H18N4O. The van der Waals surface area contributed by atoms with Gasteiger partial charge < -0.3 is 4.74 Å². The molecule has 4 heterocycles. The van der Waals surface area contributed by atoms with Crippen molar-refractivity contribution in [3.8, 4) is 28.7 Å². The molecule has 0 saturated heterocycles. The van der Waals surface area contributed by atoms with Crippen LogP contribution in [0.3, 0.4) is 0 Å². The van der Waals surface area contributed by atoms with E-state index in [4.69, 9.17) is 9.72 Å². The third kappa shape index (κ3) is 3.17. The van der Waals surface area contributed by atoms with Crippen molar-refractivity contribution in [1.82, 2.24) is 19.5 Å². The molecular weight excluding hydrogens is 396 g/mol. The standard InChI is InChI=1S/C27H18N4O/c1-2-11-24-21(10-1)22-18-30-23(17-25(22)31(24)26-12-3-5-14-28-26)19-8-7-9-20(16-19)32-27-13-4-6-15-29-27/h1-18H. The number of hydrogen-bond acceptors (Lipinski definition) is 4. The first kappa shape index (κ1) is 18.3. The zero-order chi connectivity index (χ0) is 21.3. The van der Waals surface area contributed by atoms with Gasteiger partial charge in [-0.2, -0.15) is 0 Å². The van der Waals surface area contributed by atoms with Gasteiger partial charge in [0.05, 0.1) is 16.7 Å². The monoisotopic (exact) mass is 414 g/mol. The van der Waals surface area contributed by atoms with Crippen LogP contribution in [-0.4, -0.2) is 19.5 Å². The van der Waals surface area contributed by atoms with Gasteiger partial charge in [-0.15, -0.1) is 0 Å². The summed E-state index contributed by atoms with van der Waals surface area (Å²) in [6.45, 7) is 0. The highest BCUT2D eigenvalue weighted by atomic mass is 16.5. The van der Waals surface area contributed by atoms with Crippen LogP contribution in [0.4, 0.5) is 0 Å². The lowest BCUT2D eigenvalue weighted by atomic mass is 10.1. The van der Waals surface area contributed by atoms with Gasteiger partial charge in [-0.25, -0.2) is 9.97 Å². The summed E-state index contributed by atoms with van der Waals surface area (Å²) in [4.78, 5) is 13.6.